The summed E-state index contributed by atoms with van der Waals surface area (Å²) in [5, 5.41) is 0. The molecule has 2 aliphatic rings. The van der Waals surface area contributed by atoms with E-state index in [1.807, 2.05) is 25.1 Å². The van der Waals surface area contributed by atoms with Crippen molar-refractivity contribution in [3.05, 3.63) is 23.9 Å². The molecule has 1 aromatic heterocycles. The first-order valence-electron chi connectivity index (χ1n) is 6.88. The van der Waals surface area contributed by atoms with E-state index in [2.05, 4.69) is 9.88 Å². The smallest absolute Gasteiger partial charge is 0.356 e. The topological polar surface area (TPSA) is 19.4 Å². The van der Waals surface area contributed by atoms with Crippen molar-refractivity contribution in [3.63, 3.8) is 0 Å². The minimum Gasteiger partial charge on any atom is -0.356 e. The largest absolute Gasteiger partial charge is 0.401 e. The number of rotatable bonds is 2. The van der Waals surface area contributed by atoms with Crippen LogP contribution >= 0.6 is 0 Å². The van der Waals surface area contributed by atoms with E-state index in [-0.39, 0.29) is 0 Å². The standard InChI is InChI=1S/C14H18F3N3/c1-10-3-2-4-13(18-10)20-7-11-5-19(6-12(11)8-20)9-14(15,16)17/h2-4,11-12H,5-9H2,1H3. The molecule has 0 aromatic carbocycles. The van der Waals surface area contributed by atoms with Crippen molar-refractivity contribution >= 4 is 5.82 Å². The van der Waals surface area contributed by atoms with Gasteiger partial charge in [0.2, 0.25) is 0 Å². The Labute approximate surface area is 116 Å². The van der Waals surface area contributed by atoms with Crippen molar-refractivity contribution in [2.45, 2.75) is 13.1 Å². The molecule has 0 amide bonds. The minimum atomic E-state index is -4.09. The SMILES string of the molecule is Cc1cccc(N2CC3CN(CC(F)(F)F)CC3C2)n1. The van der Waals surface area contributed by atoms with Crippen LogP contribution < -0.4 is 4.90 Å². The molecule has 0 saturated carbocycles. The van der Waals surface area contributed by atoms with Crippen molar-refractivity contribution in [1.82, 2.24) is 9.88 Å². The summed E-state index contributed by atoms with van der Waals surface area (Å²) < 4.78 is 37.2. The van der Waals surface area contributed by atoms with Gasteiger partial charge in [0, 0.05) is 31.9 Å². The molecule has 2 fully saturated rings. The van der Waals surface area contributed by atoms with Gasteiger partial charge in [-0.3, -0.25) is 4.90 Å². The molecule has 0 radical (unpaired) electrons. The lowest BCUT2D eigenvalue weighted by atomic mass is 10.0. The van der Waals surface area contributed by atoms with Crippen LogP contribution in [0.15, 0.2) is 18.2 Å². The summed E-state index contributed by atoms with van der Waals surface area (Å²) in [7, 11) is 0. The van der Waals surface area contributed by atoms with E-state index in [1.54, 1.807) is 0 Å². The van der Waals surface area contributed by atoms with E-state index in [0.717, 1.165) is 24.6 Å². The molecule has 2 atom stereocenters. The quantitative estimate of drug-likeness (QED) is 0.831. The number of hydrogen-bond acceptors (Lipinski definition) is 3. The summed E-state index contributed by atoms with van der Waals surface area (Å²) in [5.41, 5.74) is 0.971. The first-order chi connectivity index (χ1) is 9.40. The summed E-state index contributed by atoms with van der Waals surface area (Å²) in [5.74, 6) is 1.61. The average molecular weight is 285 g/mol. The third-order valence-electron chi connectivity index (χ3n) is 4.16. The van der Waals surface area contributed by atoms with Gasteiger partial charge < -0.3 is 4.90 Å². The molecule has 2 unspecified atom stereocenters. The molecule has 0 bridgehead atoms. The summed E-state index contributed by atoms with van der Waals surface area (Å²) in [6.07, 6.45) is -4.09. The number of halogens is 3. The van der Waals surface area contributed by atoms with Crippen LogP contribution in [0.5, 0.6) is 0 Å². The molecule has 1 aromatic rings. The molecule has 3 heterocycles. The van der Waals surface area contributed by atoms with Crippen LogP contribution in [0.1, 0.15) is 5.69 Å². The van der Waals surface area contributed by atoms with E-state index >= 15 is 0 Å². The number of hydrogen-bond donors (Lipinski definition) is 0. The number of aromatic nitrogens is 1. The lowest BCUT2D eigenvalue weighted by Crippen LogP contribution is -2.35. The van der Waals surface area contributed by atoms with Gasteiger partial charge in [0.1, 0.15) is 5.82 Å². The zero-order valence-corrected chi connectivity index (χ0v) is 11.4. The molecular weight excluding hydrogens is 267 g/mol. The zero-order chi connectivity index (χ0) is 14.3. The van der Waals surface area contributed by atoms with Gasteiger partial charge in [-0.25, -0.2) is 4.98 Å². The molecule has 0 aliphatic carbocycles. The maximum Gasteiger partial charge on any atom is 0.401 e. The highest BCUT2D eigenvalue weighted by atomic mass is 19.4. The number of fused-ring (bicyclic) bond motifs is 1. The van der Waals surface area contributed by atoms with E-state index in [4.69, 9.17) is 0 Å². The Hall–Kier alpha value is -1.30. The highest BCUT2D eigenvalue weighted by Crippen LogP contribution is 2.34. The number of anilines is 1. The summed E-state index contributed by atoms with van der Waals surface area (Å²) in [6, 6.07) is 5.90. The van der Waals surface area contributed by atoms with Gasteiger partial charge in [-0.05, 0) is 30.9 Å². The maximum atomic E-state index is 12.4. The van der Waals surface area contributed by atoms with Crippen LogP contribution in [0.4, 0.5) is 19.0 Å². The second-order valence-corrected chi connectivity index (χ2v) is 5.87. The van der Waals surface area contributed by atoms with Crippen molar-refractivity contribution in [1.29, 1.82) is 0 Å². The molecule has 2 saturated heterocycles. The third kappa shape index (κ3) is 2.90. The Bertz CT molecular complexity index is 475. The third-order valence-corrected chi connectivity index (χ3v) is 4.16. The molecule has 2 aliphatic heterocycles. The number of aryl methyl sites for hydroxylation is 1. The molecule has 20 heavy (non-hydrogen) atoms. The summed E-state index contributed by atoms with van der Waals surface area (Å²) in [4.78, 5) is 8.23. The fourth-order valence-corrected chi connectivity index (χ4v) is 3.36. The van der Waals surface area contributed by atoms with Crippen molar-refractivity contribution < 1.29 is 13.2 Å². The monoisotopic (exact) mass is 285 g/mol. The molecule has 3 rings (SSSR count). The van der Waals surface area contributed by atoms with Crippen LogP contribution in [0.3, 0.4) is 0 Å². The highest BCUT2D eigenvalue weighted by Gasteiger charge is 2.43. The van der Waals surface area contributed by atoms with Gasteiger partial charge in [0.05, 0.1) is 6.54 Å². The van der Waals surface area contributed by atoms with Gasteiger partial charge in [-0.1, -0.05) is 6.07 Å². The number of nitrogens with zero attached hydrogens (tertiary/aromatic N) is 3. The van der Waals surface area contributed by atoms with Gasteiger partial charge in [0.15, 0.2) is 0 Å². The maximum absolute atomic E-state index is 12.4. The first kappa shape index (κ1) is 13.7. The number of likely N-dealkylation sites (tertiary alicyclic amines) is 1. The fourth-order valence-electron chi connectivity index (χ4n) is 3.36. The van der Waals surface area contributed by atoms with Crippen LogP contribution in [0, 0.1) is 18.8 Å². The zero-order valence-electron chi connectivity index (χ0n) is 11.4. The Morgan fingerprint density at radius 2 is 1.80 bits per heavy atom. The molecule has 3 nitrogen and oxygen atoms in total. The predicted octanol–water partition coefficient (Wildman–Crippen LogP) is 2.32. The van der Waals surface area contributed by atoms with E-state index < -0.39 is 12.7 Å². The van der Waals surface area contributed by atoms with E-state index in [0.29, 0.717) is 24.9 Å². The van der Waals surface area contributed by atoms with Gasteiger partial charge in [0.25, 0.3) is 0 Å². The van der Waals surface area contributed by atoms with Crippen LogP contribution in [-0.4, -0.2) is 48.8 Å². The Morgan fingerprint density at radius 1 is 1.15 bits per heavy atom. The Morgan fingerprint density at radius 3 is 2.35 bits per heavy atom. The lowest BCUT2D eigenvalue weighted by molar-refractivity contribution is -0.144. The normalized spacial score (nSPS) is 27.1. The lowest BCUT2D eigenvalue weighted by Gasteiger charge is -2.23. The fraction of sp³-hybridized carbons (Fsp3) is 0.643. The van der Waals surface area contributed by atoms with Crippen molar-refractivity contribution in [3.8, 4) is 0 Å². The van der Waals surface area contributed by atoms with E-state index in [1.165, 1.54) is 4.90 Å². The average Bonchev–Trinajstić information content (AvgIpc) is 2.84. The van der Waals surface area contributed by atoms with E-state index in [9.17, 15) is 13.2 Å². The number of alkyl halides is 3. The van der Waals surface area contributed by atoms with Crippen molar-refractivity contribution in [2.75, 3.05) is 37.6 Å². The second-order valence-electron chi connectivity index (χ2n) is 5.87. The first-order valence-corrected chi connectivity index (χ1v) is 6.88. The highest BCUT2D eigenvalue weighted by molar-refractivity contribution is 5.41. The second kappa shape index (κ2) is 4.91. The van der Waals surface area contributed by atoms with Crippen LogP contribution in [0.25, 0.3) is 0 Å². The molecule has 0 spiro atoms. The van der Waals surface area contributed by atoms with Gasteiger partial charge >= 0.3 is 6.18 Å². The van der Waals surface area contributed by atoms with Crippen LogP contribution in [0.2, 0.25) is 0 Å². The summed E-state index contributed by atoms with van der Waals surface area (Å²) in [6.45, 7) is 3.90. The minimum absolute atomic E-state index is 0.333. The van der Waals surface area contributed by atoms with Gasteiger partial charge in [-0.2, -0.15) is 13.2 Å². The molecule has 0 N–H and O–H groups in total. The number of pyridine rings is 1. The predicted molar refractivity (Wildman–Crippen MR) is 70.7 cm³/mol. The molecule has 6 heteroatoms. The molecule has 110 valence electrons. The molecular formula is C14H18F3N3. The Balaban J connectivity index is 1.61. The summed E-state index contributed by atoms with van der Waals surface area (Å²) >= 11 is 0. The van der Waals surface area contributed by atoms with Crippen LogP contribution in [-0.2, 0) is 0 Å². The van der Waals surface area contributed by atoms with Crippen molar-refractivity contribution in [2.24, 2.45) is 11.8 Å². The van der Waals surface area contributed by atoms with Gasteiger partial charge in [-0.15, -0.1) is 0 Å². The Kier molecular flexibility index (Phi) is 3.36.